The van der Waals surface area contributed by atoms with Gasteiger partial charge in [-0.2, -0.15) is 0 Å². The number of nitrogens with one attached hydrogen (secondary N) is 2. The van der Waals surface area contributed by atoms with E-state index >= 15 is 0 Å². The van der Waals surface area contributed by atoms with Crippen LogP contribution in [0.1, 0.15) is 24.1 Å². The number of rotatable bonds is 5. The molecule has 0 aliphatic heterocycles. The Morgan fingerprint density at radius 1 is 1.47 bits per heavy atom. The molecule has 1 aromatic rings. The highest BCUT2D eigenvalue weighted by molar-refractivity contribution is 5.89. The SMILES string of the molecule is CNCCCC(=O)Nc1onc(C)c1C. The molecule has 1 aromatic heterocycles. The van der Waals surface area contributed by atoms with Crippen molar-refractivity contribution in [3.05, 3.63) is 11.3 Å². The van der Waals surface area contributed by atoms with Gasteiger partial charge < -0.3 is 9.84 Å². The van der Waals surface area contributed by atoms with E-state index in [-0.39, 0.29) is 5.91 Å². The van der Waals surface area contributed by atoms with Crippen molar-refractivity contribution in [3.8, 4) is 0 Å². The van der Waals surface area contributed by atoms with E-state index in [0.29, 0.717) is 12.3 Å². The highest BCUT2D eigenvalue weighted by Gasteiger charge is 2.10. The zero-order valence-corrected chi connectivity index (χ0v) is 9.39. The first-order valence-electron chi connectivity index (χ1n) is 5.02. The molecule has 0 unspecified atom stereocenters. The van der Waals surface area contributed by atoms with Gasteiger partial charge in [0.15, 0.2) is 0 Å². The third kappa shape index (κ3) is 3.36. The summed E-state index contributed by atoms with van der Waals surface area (Å²) in [5, 5.41) is 9.44. The number of amides is 1. The van der Waals surface area contributed by atoms with Gasteiger partial charge in [-0.05, 0) is 33.9 Å². The fraction of sp³-hybridized carbons (Fsp3) is 0.600. The molecular weight excluding hydrogens is 194 g/mol. The normalized spacial score (nSPS) is 10.3. The fourth-order valence-corrected chi connectivity index (χ4v) is 1.15. The van der Waals surface area contributed by atoms with Crippen molar-refractivity contribution >= 4 is 11.8 Å². The maximum absolute atomic E-state index is 11.4. The van der Waals surface area contributed by atoms with E-state index in [4.69, 9.17) is 4.52 Å². The first kappa shape index (κ1) is 11.7. The molecule has 1 rings (SSSR count). The van der Waals surface area contributed by atoms with Gasteiger partial charge in [0, 0.05) is 12.0 Å². The molecule has 0 aliphatic carbocycles. The number of hydrogen-bond donors (Lipinski definition) is 2. The summed E-state index contributed by atoms with van der Waals surface area (Å²) in [5.41, 5.74) is 1.69. The molecule has 0 aliphatic rings. The van der Waals surface area contributed by atoms with Gasteiger partial charge >= 0.3 is 0 Å². The molecule has 1 amide bonds. The predicted molar refractivity (Wildman–Crippen MR) is 57.8 cm³/mol. The van der Waals surface area contributed by atoms with Crippen molar-refractivity contribution in [3.63, 3.8) is 0 Å². The Balaban J connectivity index is 2.41. The second-order valence-electron chi connectivity index (χ2n) is 3.48. The van der Waals surface area contributed by atoms with Crippen molar-refractivity contribution in [2.24, 2.45) is 0 Å². The van der Waals surface area contributed by atoms with Gasteiger partial charge in [0.25, 0.3) is 0 Å². The monoisotopic (exact) mass is 211 g/mol. The Hall–Kier alpha value is -1.36. The minimum absolute atomic E-state index is 0.0375. The molecule has 0 fully saturated rings. The quantitative estimate of drug-likeness (QED) is 0.719. The second kappa shape index (κ2) is 5.50. The van der Waals surface area contributed by atoms with E-state index in [2.05, 4.69) is 15.8 Å². The van der Waals surface area contributed by atoms with Crippen LogP contribution in [0, 0.1) is 13.8 Å². The van der Waals surface area contributed by atoms with Crippen molar-refractivity contribution in [1.82, 2.24) is 10.5 Å². The second-order valence-corrected chi connectivity index (χ2v) is 3.48. The zero-order chi connectivity index (χ0) is 11.3. The maximum Gasteiger partial charge on any atom is 0.234 e. The number of hydrogen-bond acceptors (Lipinski definition) is 4. The molecule has 0 saturated heterocycles. The smallest absolute Gasteiger partial charge is 0.234 e. The van der Waals surface area contributed by atoms with Crippen LogP contribution in [-0.2, 0) is 4.79 Å². The molecule has 2 N–H and O–H groups in total. The highest BCUT2D eigenvalue weighted by Crippen LogP contribution is 2.17. The molecule has 0 bridgehead atoms. The highest BCUT2D eigenvalue weighted by atomic mass is 16.5. The fourth-order valence-electron chi connectivity index (χ4n) is 1.15. The largest absolute Gasteiger partial charge is 0.338 e. The molecule has 0 aromatic carbocycles. The number of carbonyl (C=O) groups excluding carboxylic acids is 1. The summed E-state index contributed by atoms with van der Waals surface area (Å²) >= 11 is 0. The van der Waals surface area contributed by atoms with E-state index in [9.17, 15) is 4.79 Å². The molecule has 0 saturated carbocycles. The number of aromatic nitrogens is 1. The van der Waals surface area contributed by atoms with Crippen LogP contribution in [0.2, 0.25) is 0 Å². The average Bonchev–Trinajstić information content (AvgIpc) is 2.50. The van der Waals surface area contributed by atoms with Gasteiger partial charge in [-0.15, -0.1) is 0 Å². The third-order valence-corrected chi connectivity index (χ3v) is 2.24. The summed E-state index contributed by atoms with van der Waals surface area (Å²) in [6, 6.07) is 0. The lowest BCUT2D eigenvalue weighted by Gasteiger charge is -2.01. The Kier molecular flexibility index (Phi) is 4.30. The van der Waals surface area contributed by atoms with E-state index in [0.717, 1.165) is 24.2 Å². The number of aryl methyl sites for hydroxylation is 1. The first-order chi connectivity index (χ1) is 7.15. The minimum Gasteiger partial charge on any atom is -0.338 e. The van der Waals surface area contributed by atoms with Crippen LogP contribution in [0.4, 0.5) is 5.88 Å². The Bertz CT molecular complexity index is 333. The molecular formula is C10H17N3O2. The standard InChI is InChI=1S/C10H17N3O2/c1-7-8(2)13-15-10(7)12-9(14)5-4-6-11-3/h11H,4-6H2,1-3H3,(H,12,14). The molecule has 15 heavy (non-hydrogen) atoms. The van der Waals surface area contributed by atoms with Crippen LogP contribution in [0.3, 0.4) is 0 Å². The summed E-state index contributed by atoms with van der Waals surface area (Å²) in [7, 11) is 1.86. The van der Waals surface area contributed by atoms with Crippen LogP contribution in [0.15, 0.2) is 4.52 Å². The Morgan fingerprint density at radius 3 is 2.73 bits per heavy atom. The van der Waals surface area contributed by atoms with Gasteiger partial charge in [-0.25, -0.2) is 0 Å². The van der Waals surface area contributed by atoms with Crippen molar-refractivity contribution in [1.29, 1.82) is 0 Å². The number of nitrogens with zero attached hydrogens (tertiary/aromatic N) is 1. The van der Waals surface area contributed by atoms with Gasteiger partial charge in [0.2, 0.25) is 11.8 Å². The topological polar surface area (TPSA) is 67.2 Å². The first-order valence-corrected chi connectivity index (χ1v) is 5.02. The van der Waals surface area contributed by atoms with Crippen molar-refractivity contribution in [2.45, 2.75) is 26.7 Å². The van der Waals surface area contributed by atoms with E-state index in [1.165, 1.54) is 0 Å². The van der Waals surface area contributed by atoms with Gasteiger partial charge in [-0.3, -0.25) is 10.1 Å². The van der Waals surface area contributed by atoms with Crippen LogP contribution in [0.25, 0.3) is 0 Å². The molecule has 5 nitrogen and oxygen atoms in total. The van der Waals surface area contributed by atoms with E-state index < -0.39 is 0 Å². The molecule has 0 atom stereocenters. The molecule has 1 heterocycles. The third-order valence-electron chi connectivity index (χ3n) is 2.24. The molecule has 5 heteroatoms. The van der Waals surface area contributed by atoms with Crippen LogP contribution < -0.4 is 10.6 Å². The lowest BCUT2D eigenvalue weighted by Crippen LogP contribution is -2.15. The zero-order valence-electron chi connectivity index (χ0n) is 9.39. The maximum atomic E-state index is 11.4. The molecule has 0 radical (unpaired) electrons. The number of anilines is 1. The molecule has 0 spiro atoms. The summed E-state index contributed by atoms with van der Waals surface area (Å²) in [5.74, 6) is 0.423. The molecule has 84 valence electrons. The Labute approximate surface area is 89.2 Å². The van der Waals surface area contributed by atoms with Gasteiger partial charge in [0.05, 0.1) is 5.69 Å². The summed E-state index contributed by atoms with van der Waals surface area (Å²) < 4.78 is 4.97. The Morgan fingerprint density at radius 2 is 2.20 bits per heavy atom. The van der Waals surface area contributed by atoms with E-state index in [1.54, 1.807) is 0 Å². The van der Waals surface area contributed by atoms with Crippen LogP contribution >= 0.6 is 0 Å². The summed E-state index contributed by atoms with van der Waals surface area (Å²) in [6.45, 7) is 4.55. The predicted octanol–water partition coefficient (Wildman–Crippen LogP) is 1.23. The van der Waals surface area contributed by atoms with Gasteiger partial charge in [0.1, 0.15) is 0 Å². The lowest BCUT2D eigenvalue weighted by molar-refractivity contribution is -0.116. The number of carbonyl (C=O) groups is 1. The van der Waals surface area contributed by atoms with E-state index in [1.807, 2.05) is 20.9 Å². The van der Waals surface area contributed by atoms with Crippen LogP contribution in [0.5, 0.6) is 0 Å². The lowest BCUT2D eigenvalue weighted by atomic mass is 10.2. The van der Waals surface area contributed by atoms with Gasteiger partial charge in [-0.1, -0.05) is 5.16 Å². The summed E-state index contributed by atoms with van der Waals surface area (Å²) in [4.78, 5) is 11.4. The average molecular weight is 211 g/mol. The summed E-state index contributed by atoms with van der Waals surface area (Å²) in [6.07, 6.45) is 1.30. The van der Waals surface area contributed by atoms with Crippen molar-refractivity contribution < 1.29 is 9.32 Å². The van der Waals surface area contributed by atoms with Crippen molar-refractivity contribution in [2.75, 3.05) is 18.9 Å². The van der Waals surface area contributed by atoms with Crippen LogP contribution in [-0.4, -0.2) is 24.7 Å². The minimum atomic E-state index is -0.0375.